The van der Waals surface area contributed by atoms with Gasteiger partial charge in [0.05, 0.1) is 23.7 Å². The normalized spacial score (nSPS) is 17.7. The lowest BCUT2D eigenvalue weighted by Crippen LogP contribution is -2.31. The average Bonchev–Trinajstić information content (AvgIpc) is 3.05. The number of benzene rings is 1. The van der Waals surface area contributed by atoms with Gasteiger partial charge in [0.1, 0.15) is 0 Å². The minimum atomic E-state index is -4.02. The van der Waals surface area contributed by atoms with Gasteiger partial charge in [0.2, 0.25) is 5.91 Å². The van der Waals surface area contributed by atoms with E-state index in [0.717, 1.165) is 12.8 Å². The number of ether oxygens (including phenoxy) is 2. The Morgan fingerprint density at radius 1 is 1.39 bits per heavy atom. The van der Waals surface area contributed by atoms with E-state index >= 15 is 0 Å². The van der Waals surface area contributed by atoms with Gasteiger partial charge in [0.25, 0.3) is 10.0 Å². The van der Waals surface area contributed by atoms with Crippen molar-refractivity contribution < 1.29 is 27.5 Å². The minimum absolute atomic E-state index is 0.0195. The molecule has 1 aromatic rings. The molecule has 0 saturated carbocycles. The van der Waals surface area contributed by atoms with Crippen LogP contribution >= 0.6 is 0 Å². The molecule has 1 fully saturated rings. The van der Waals surface area contributed by atoms with Gasteiger partial charge in [-0.05, 0) is 37.5 Å². The van der Waals surface area contributed by atoms with Crippen LogP contribution in [0.4, 0.5) is 0 Å². The Hall–Kier alpha value is -1.93. The summed E-state index contributed by atoms with van der Waals surface area (Å²) in [6.45, 7) is 0.685. The summed E-state index contributed by atoms with van der Waals surface area (Å²) in [5, 5.41) is 0. The first kappa shape index (κ1) is 17.4. The zero-order valence-corrected chi connectivity index (χ0v) is 13.6. The molecule has 1 aliphatic heterocycles. The molecule has 1 aromatic carbocycles. The summed E-state index contributed by atoms with van der Waals surface area (Å²) in [6, 6.07) is 5.32. The van der Waals surface area contributed by atoms with Crippen LogP contribution < -0.4 is 4.72 Å². The van der Waals surface area contributed by atoms with Gasteiger partial charge < -0.3 is 9.47 Å². The first-order valence-corrected chi connectivity index (χ1v) is 8.76. The molecule has 0 unspecified atom stereocenters. The molecule has 0 bridgehead atoms. The second-order valence-corrected chi connectivity index (χ2v) is 6.90. The molecular formula is C15H19NO6S. The second-order valence-electron chi connectivity index (χ2n) is 5.22. The fourth-order valence-electron chi connectivity index (χ4n) is 2.33. The third kappa shape index (κ3) is 4.77. The number of carbonyl (C=O) groups excluding carboxylic acids is 2. The fraction of sp³-hybridized carbons (Fsp3) is 0.467. The summed E-state index contributed by atoms with van der Waals surface area (Å²) >= 11 is 0. The summed E-state index contributed by atoms with van der Waals surface area (Å²) in [5.41, 5.74) is 0.0992. The van der Waals surface area contributed by atoms with Crippen molar-refractivity contribution >= 4 is 21.9 Å². The van der Waals surface area contributed by atoms with Crippen molar-refractivity contribution in [2.24, 2.45) is 0 Å². The van der Waals surface area contributed by atoms with Crippen LogP contribution in [-0.4, -0.2) is 40.1 Å². The lowest BCUT2D eigenvalue weighted by molar-refractivity contribution is -0.119. The van der Waals surface area contributed by atoms with Crippen molar-refractivity contribution in [1.29, 1.82) is 0 Å². The van der Waals surface area contributed by atoms with E-state index in [-0.39, 0.29) is 23.0 Å². The number of carbonyl (C=O) groups is 2. The zero-order valence-electron chi connectivity index (χ0n) is 12.8. The molecule has 0 aromatic heterocycles. The molecule has 126 valence electrons. The molecule has 1 amide bonds. The first-order valence-electron chi connectivity index (χ1n) is 7.28. The van der Waals surface area contributed by atoms with E-state index in [0.29, 0.717) is 13.0 Å². The highest BCUT2D eigenvalue weighted by Gasteiger charge is 2.21. The number of methoxy groups -OCH3 is 1. The molecular weight excluding hydrogens is 322 g/mol. The van der Waals surface area contributed by atoms with E-state index < -0.39 is 21.9 Å². The Kier molecular flexibility index (Phi) is 5.73. The number of hydrogen-bond acceptors (Lipinski definition) is 6. The molecule has 1 aliphatic rings. The number of amides is 1. The molecule has 23 heavy (non-hydrogen) atoms. The van der Waals surface area contributed by atoms with Gasteiger partial charge >= 0.3 is 5.97 Å². The predicted molar refractivity (Wildman–Crippen MR) is 81.3 cm³/mol. The van der Waals surface area contributed by atoms with E-state index in [4.69, 9.17) is 4.74 Å². The Morgan fingerprint density at radius 3 is 2.83 bits per heavy atom. The van der Waals surface area contributed by atoms with Gasteiger partial charge in [-0.25, -0.2) is 17.9 Å². The van der Waals surface area contributed by atoms with Gasteiger partial charge in [-0.3, -0.25) is 4.79 Å². The quantitative estimate of drug-likeness (QED) is 0.782. The highest BCUT2D eigenvalue weighted by molar-refractivity contribution is 7.90. The van der Waals surface area contributed by atoms with Crippen molar-refractivity contribution in [3.8, 4) is 0 Å². The van der Waals surface area contributed by atoms with Gasteiger partial charge in [-0.2, -0.15) is 0 Å². The lowest BCUT2D eigenvalue weighted by Gasteiger charge is -2.10. The maximum absolute atomic E-state index is 12.2. The van der Waals surface area contributed by atoms with Crippen LogP contribution in [0.15, 0.2) is 29.2 Å². The molecule has 0 aliphatic carbocycles. The third-order valence-electron chi connectivity index (χ3n) is 3.53. The van der Waals surface area contributed by atoms with E-state index in [2.05, 4.69) is 4.74 Å². The molecule has 1 atom stereocenters. The minimum Gasteiger partial charge on any atom is -0.465 e. The summed E-state index contributed by atoms with van der Waals surface area (Å²) in [4.78, 5) is 23.1. The highest BCUT2D eigenvalue weighted by Crippen LogP contribution is 2.17. The molecule has 2 rings (SSSR count). The zero-order chi connectivity index (χ0) is 16.9. The van der Waals surface area contributed by atoms with Crippen LogP contribution in [0.2, 0.25) is 0 Å². The van der Waals surface area contributed by atoms with Crippen LogP contribution in [0.1, 0.15) is 36.0 Å². The Bertz CT molecular complexity index is 679. The largest absolute Gasteiger partial charge is 0.465 e. The van der Waals surface area contributed by atoms with Crippen LogP contribution in [0.3, 0.4) is 0 Å². The van der Waals surface area contributed by atoms with E-state index in [1.165, 1.54) is 31.4 Å². The van der Waals surface area contributed by atoms with Crippen molar-refractivity contribution in [3.63, 3.8) is 0 Å². The Morgan fingerprint density at radius 2 is 2.17 bits per heavy atom. The van der Waals surface area contributed by atoms with Gasteiger partial charge in [0, 0.05) is 13.0 Å². The number of hydrogen-bond donors (Lipinski definition) is 1. The first-order chi connectivity index (χ1) is 10.9. The monoisotopic (exact) mass is 341 g/mol. The summed E-state index contributed by atoms with van der Waals surface area (Å²) < 4.78 is 36.3. The van der Waals surface area contributed by atoms with Gasteiger partial charge in [-0.15, -0.1) is 0 Å². The summed E-state index contributed by atoms with van der Waals surface area (Å²) in [7, 11) is -2.81. The van der Waals surface area contributed by atoms with Crippen molar-refractivity contribution in [3.05, 3.63) is 29.8 Å². The Balaban J connectivity index is 2.00. The molecule has 1 saturated heterocycles. The predicted octanol–water partition coefficient (Wildman–Crippen LogP) is 1.24. The number of rotatable bonds is 6. The van der Waals surface area contributed by atoms with Crippen LogP contribution in [-0.2, 0) is 24.3 Å². The topological polar surface area (TPSA) is 98.8 Å². The summed E-state index contributed by atoms with van der Waals surface area (Å²) in [6.07, 6.45) is 2.43. The number of esters is 1. The van der Waals surface area contributed by atoms with Gasteiger partial charge in [-0.1, -0.05) is 6.07 Å². The van der Waals surface area contributed by atoms with E-state index in [1.54, 1.807) is 0 Å². The number of sulfonamides is 1. The van der Waals surface area contributed by atoms with Crippen molar-refractivity contribution in [2.75, 3.05) is 13.7 Å². The fourth-order valence-corrected chi connectivity index (χ4v) is 3.39. The molecule has 7 nitrogen and oxygen atoms in total. The average molecular weight is 341 g/mol. The SMILES string of the molecule is COC(=O)c1cccc(S(=O)(=O)NC(=O)CC[C@H]2CCCO2)c1. The van der Waals surface area contributed by atoms with Crippen LogP contribution in [0, 0.1) is 0 Å². The molecule has 1 N–H and O–H groups in total. The third-order valence-corrected chi connectivity index (χ3v) is 4.90. The van der Waals surface area contributed by atoms with Crippen LogP contribution in [0.25, 0.3) is 0 Å². The van der Waals surface area contributed by atoms with Crippen LogP contribution in [0.5, 0.6) is 0 Å². The Labute approximate surface area is 135 Å². The smallest absolute Gasteiger partial charge is 0.337 e. The summed E-state index contributed by atoms with van der Waals surface area (Å²) in [5.74, 6) is -1.24. The van der Waals surface area contributed by atoms with E-state index in [9.17, 15) is 18.0 Å². The van der Waals surface area contributed by atoms with E-state index in [1.807, 2.05) is 4.72 Å². The lowest BCUT2D eigenvalue weighted by atomic mass is 10.1. The van der Waals surface area contributed by atoms with Gasteiger partial charge in [0.15, 0.2) is 0 Å². The highest BCUT2D eigenvalue weighted by atomic mass is 32.2. The maximum Gasteiger partial charge on any atom is 0.337 e. The molecule has 0 spiro atoms. The maximum atomic E-state index is 12.2. The van der Waals surface area contributed by atoms with Crippen molar-refractivity contribution in [2.45, 2.75) is 36.7 Å². The number of nitrogens with one attached hydrogen (secondary N) is 1. The second kappa shape index (κ2) is 7.56. The standard InChI is InChI=1S/C15H19NO6S/c1-21-15(18)11-4-2-6-13(10-11)23(19,20)16-14(17)8-7-12-5-3-9-22-12/h2,4,6,10,12H,3,5,7-9H2,1H3,(H,16,17)/t12-/m1/s1. The molecule has 8 heteroatoms. The molecule has 0 radical (unpaired) electrons. The molecule has 1 heterocycles. The van der Waals surface area contributed by atoms with Crippen molar-refractivity contribution in [1.82, 2.24) is 4.72 Å².